The lowest BCUT2D eigenvalue weighted by molar-refractivity contribution is 0.484. The summed E-state index contributed by atoms with van der Waals surface area (Å²) in [4.78, 5) is 5.88. The van der Waals surface area contributed by atoms with Crippen LogP contribution in [0.5, 0.6) is 0 Å². The molecule has 1 rings (SSSR count). The Kier molecular flexibility index (Phi) is 7.01. The quantitative estimate of drug-likeness (QED) is 0.687. The molecule has 0 saturated heterocycles. The Hall–Kier alpha value is -0.410. The highest BCUT2D eigenvalue weighted by molar-refractivity contribution is 7.11. The van der Waals surface area contributed by atoms with E-state index in [1.54, 1.807) is 0 Å². The summed E-state index contributed by atoms with van der Waals surface area (Å²) in [6.07, 6.45) is 8.72. The maximum absolute atomic E-state index is 4.53. The normalized spacial score (nSPS) is 13.7. The first-order valence-electron chi connectivity index (χ1n) is 7.62. The minimum absolute atomic E-state index is 0.175. The maximum atomic E-state index is 4.53. The van der Waals surface area contributed by atoms with E-state index in [0.717, 1.165) is 6.54 Å². The highest BCUT2D eigenvalue weighted by Crippen LogP contribution is 2.26. The third-order valence-electron chi connectivity index (χ3n) is 3.31. The van der Waals surface area contributed by atoms with Gasteiger partial charge in [0.15, 0.2) is 0 Å². The van der Waals surface area contributed by atoms with Gasteiger partial charge in [0.1, 0.15) is 0 Å². The Labute approximate surface area is 123 Å². The van der Waals surface area contributed by atoms with Gasteiger partial charge in [-0.15, -0.1) is 11.3 Å². The number of hydrogen-bond acceptors (Lipinski definition) is 3. The van der Waals surface area contributed by atoms with Crippen molar-refractivity contribution in [2.45, 2.75) is 84.7 Å². The third-order valence-corrected chi connectivity index (χ3v) is 4.73. The number of nitrogens with one attached hydrogen (secondary N) is 1. The van der Waals surface area contributed by atoms with Crippen molar-refractivity contribution in [3.8, 4) is 0 Å². The van der Waals surface area contributed by atoms with Crippen LogP contribution in [0.3, 0.4) is 0 Å². The van der Waals surface area contributed by atoms with E-state index in [4.69, 9.17) is 0 Å². The Morgan fingerprint density at radius 1 is 1.26 bits per heavy atom. The molecule has 0 amide bonds. The van der Waals surface area contributed by atoms with Gasteiger partial charge >= 0.3 is 0 Å². The van der Waals surface area contributed by atoms with E-state index >= 15 is 0 Å². The summed E-state index contributed by atoms with van der Waals surface area (Å²) < 4.78 is 0. The molecule has 0 saturated carbocycles. The van der Waals surface area contributed by atoms with Crippen molar-refractivity contribution in [1.29, 1.82) is 0 Å². The molecule has 3 heteroatoms. The highest BCUT2D eigenvalue weighted by atomic mass is 32.1. The Bertz CT molecular complexity index is 352. The molecule has 0 aromatic carbocycles. The molecule has 110 valence electrons. The van der Waals surface area contributed by atoms with Crippen LogP contribution in [-0.2, 0) is 12.0 Å². The molecular weight excluding hydrogens is 252 g/mol. The predicted molar refractivity (Wildman–Crippen MR) is 85.9 cm³/mol. The topological polar surface area (TPSA) is 24.9 Å². The molecule has 0 bridgehead atoms. The van der Waals surface area contributed by atoms with Gasteiger partial charge in [0.25, 0.3) is 0 Å². The lowest BCUT2D eigenvalue weighted by Crippen LogP contribution is -2.24. The van der Waals surface area contributed by atoms with Crippen LogP contribution < -0.4 is 5.32 Å². The molecule has 0 spiro atoms. The van der Waals surface area contributed by atoms with Crippen LogP contribution in [0.15, 0.2) is 6.20 Å². The van der Waals surface area contributed by atoms with E-state index in [1.807, 2.05) is 17.5 Å². The van der Waals surface area contributed by atoms with Crippen molar-refractivity contribution >= 4 is 11.3 Å². The van der Waals surface area contributed by atoms with Gasteiger partial charge in [-0.1, -0.05) is 53.4 Å². The van der Waals surface area contributed by atoms with Crippen molar-refractivity contribution in [3.05, 3.63) is 16.1 Å². The van der Waals surface area contributed by atoms with Gasteiger partial charge in [-0.3, -0.25) is 0 Å². The predicted octanol–water partition coefficient (Wildman–Crippen LogP) is 4.89. The second kappa shape index (κ2) is 8.01. The van der Waals surface area contributed by atoms with Crippen LogP contribution in [0, 0.1) is 0 Å². The molecule has 1 heterocycles. The Morgan fingerprint density at radius 3 is 2.58 bits per heavy atom. The molecule has 0 fully saturated rings. The SMILES string of the molecule is CCCCCCC(C)NCc1cnc(C(C)(C)C)s1. The van der Waals surface area contributed by atoms with Gasteiger partial charge in [-0.25, -0.2) is 4.98 Å². The molecule has 19 heavy (non-hydrogen) atoms. The van der Waals surface area contributed by atoms with E-state index in [1.165, 1.54) is 42.0 Å². The lowest BCUT2D eigenvalue weighted by atomic mass is 9.98. The number of hydrogen-bond donors (Lipinski definition) is 1. The van der Waals surface area contributed by atoms with Gasteiger partial charge in [0.2, 0.25) is 0 Å². The first-order chi connectivity index (χ1) is 8.93. The van der Waals surface area contributed by atoms with Gasteiger partial charge in [-0.05, 0) is 13.3 Å². The summed E-state index contributed by atoms with van der Waals surface area (Å²) in [5.74, 6) is 0. The molecular formula is C16H30N2S. The van der Waals surface area contributed by atoms with Crippen molar-refractivity contribution in [3.63, 3.8) is 0 Å². The van der Waals surface area contributed by atoms with Gasteiger partial charge < -0.3 is 5.32 Å². The van der Waals surface area contributed by atoms with Crippen LogP contribution in [0.1, 0.15) is 76.6 Å². The van der Waals surface area contributed by atoms with E-state index in [9.17, 15) is 0 Å². The summed E-state index contributed by atoms with van der Waals surface area (Å²) in [5, 5.41) is 4.85. The van der Waals surface area contributed by atoms with Gasteiger partial charge in [0, 0.05) is 29.1 Å². The zero-order chi connectivity index (χ0) is 14.3. The van der Waals surface area contributed by atoms with E-state index in [2.05, 4.69) is 44.9 Å². The summed E-state index contributed by atoms with van der Waals surface area (Å²) in [6, 6.07) is 0.608. The number of thiazole rings is 1. The average Bonchev–Trinajstić information content (AvgIpc) is 2.81. The molecule has 0 aliphatic rings. The Morgan fingerprint density at radius 2 is 2.00 bits per heavy atom. The fourth-order valence-electron chi connectivity index (χ4n) is 1.99. The van der Waals surface area contributed by atoms with Crippen molar-refractivity contribution in [2.75, 3.05) is 0 Å². The second-order valence-electron chi connectivity index (χ2n) is 6.51. The first-order valence-corrected chi connectivity index (χ1v) is 8.43. The van der Waals surface area contributed by atoms with E-state index < -0.39 is 0 Å². The number of nitrogens with zero attached hydrogens (tertiary/aromatic N) is 1. The zero-order valence-corrected chi connectivity index (χ0v) is 14.1. The van der Waals surface area contributed by atoms with Crippen LogP contribution in [-0.4, -0.2) is 11.0 Å². The average molecular weight is 282 g/mol. The summed E-state index contributed by atoms with van der Waals surface area (Å²) in [6.45, 7) is 12.2. The molecule has 1 aromatic heterocycles. The highest BCUT2D eigenvalue weighted by Gasteiger charge is 2.17. The standard InChI is InChI=1S/C16H30N2S/c1-6-7-8-9-10-13(2)17-11-14-12-18-15(19-14)16(3,4)5/h12-13,17H,6-11H2,1-5H3. The monoisotopic (exact) mass is 282 g/mol. The van der Waals surface area contributed by atoms with Crippen LogP contribution >= 0.6 is 11.3 Å². The molecule has 1 unspecified atom stereocenters. The van der Waals surface area contributed by atoms with Crippen LogP contribution in [0.2, 0.25) is 0 Å². The van der Waals surface area contributed by atoms with Crippen LogP contribution in [0.25, 0.3) is 0 Å². The van der Waals surface area contributed by atoms with Crippen molar-refractivity contribution < 1.29 is 0 Å². The first kappa shape index (κ1) is 16.6. The maximum Gasteiger partial charge on any atom is 0.0981 e. The molecule has 1 atom stereocenters. The minimum Gasteiger partial charge on any atom is -0.309 e. The van der Waals surface area contributed by atoms with Crippen molar-refractivity contribution in [1.82, 2.24) is 10.3 Å². The fourth-order valence-corrected chi connectivity index (χ4v) is 2.91. The summed E-state index contributed by atoms with van der Waals surface area (Å²) >= 11 is 1.84. The van der Waals surface area contributed by atoms with Gasteiger partial charge in [-0.2, -0.15) is 0 Å². The number of rotatable bonds is 8. The lowest BCUT2D eigenvalue weighted by Gasteiger charge is -2.14. The van der Waals surface area contributed by atoms with E-state index in [0.29, 0.717) is 6.04 Å². The fraction of sp³-hybridized carbons (Fsp3) is 0.812. The molecule has 2 nitrogen and oxygen atoms in total. The Balaban J connectivity index is 2.26. The largest absolute Gasteiger partial charge is 0.309 e. The van der Waals surface area contributed by atoms with E-state index in [-0.39, 0.29) is 5.41 Å². The molecule has 1 aromatic rings. The summed E-state index contributed by atoms with van der Waals surface area (Å²) in [5.41, 5.74) is 0.175. The summed E-state index contributed by atoms with van der Waals surface area (Å²) in [7, 11) is 0. The molecule has 0 aliphatic carbocycles. The molecule has 0 radical (unpaired) electrons. The second-order valence-corrected chi connectivity index (χ2v) is 7.63. The van der Waals surface area contributed by atoms with Crippen LogP contribution in [0.4, 0.5) is 0 Å². The molecule has 0 aliphatic heterocycles. The van der Waals surface area contributed by atoms with Gasteiger partial charge in [0.05, 0.1) is 5.01 Å². The van der Waals surface area contributed by atoms with Crippen molar-refractivity contribution in [2.24, 2.45) is 0 Å². The third kappa shape index (κ3) is 6.53. The molecule has 1 N–H and O–H groups in total. The zero-order valence-electron chi connectivity index (χ0n) is 13.3. The smallest absolute Gasteiger partial charge is 0.0981 e. The number of aromatic nitrogens is 1. The number of unbranched alkanes of at least 4 members (excludes halogenated alkanes) is 3. The minimum atomic E-state index is 0.175.